The summed E-state index contributed by atoms with van der Waals surface area (Å²) in [6.45, 7) is 5.71. The third-order valence-corrected chi connectivity index (χ3v) is 8.53. The summed E-state index contributed by atoms with van der Waals surface area (Å²) in [5.41, 5.74) is 2.12. The first-order chi connectivity index (χ1) is 17.1. The fourth-order valence-electron chi connectivity index (χ4n) is 4.18. The van der Waals surface area contributed by atoms with E-state index in [-0.39, 0.29) is 4.90 Å². The number of aromatic nitrogens is 1. The van der Waals surface area contributed by atoms with Gasteiger partial charge < -0.3 is 10.6 Å². The predicted octanol–water partition coefficient (Wildman–Crippen LogP) is 6.10. The maximum absolute atomic E-state index is 13.0. The molecule has 3 N–H and O–H groups in total. The van der Waals surface area contributed by atoms with Crippen LogP contribution in [-0.4, -0.2) is 25.0 Å². The number of thiazole rings is 1. The summed E-state index contributed by atoms with van der Waals surface area (Å²) in [7, 11) is -3.79. The van der Waals surface area contributed by atoms with Crippen LogP contribution in [0.15, 0.2) is 58.8 Å². The standard InChI is InChI=1S/C27H33N4O3S2/c1-27(2,3)31-36(33,34)21-14-15-22(24-18-35-25(29-24)20-12-8-5-9-13-20)23(16-21)30-26(32)28-17-19-10-6-4-7-11-19/h4,6-7,10-11,14-16,18,31H,5,8-9,12-13,17H2,1-3H3,(H2,28,30,32). The second kappa shape index (κ2) is 11.1. The number of rotatable bonds is 7. The number of carbonyl (C=O) groups is 1. The van der Waals surface area contributed by atoms with Crippen molar-refractivity contribution in [2.24, 2.45) is 0 Å². The van der Waals surface area contributed by atoms with Crippen molar-refractivity contribution in [3.63, 3.8) is 0 Å². The largest absolute Gasteiger partial charge is 0.334 e. The van der Waals surface area contributed by atoms with E-state index in [0.717, 1.165) is 29.1 Å². The van der Waals surface area contributed by atoms with E-state index in [9.17, 15) is 13.2 Å². The van der Waals surface area contributed by atoms with Crippen LogP contribution in [0.5, 0.6) is 0 Å². The number of sulfonamides is 1. The average Bonchev–Trinajstić information content (AvgIpc) is 3.33. The molecule has 4 rings (SSSR count). The highest BCUT2D eigenvalue weighted by Gasteiger charge is 2.25. The van der Waals surface area contributed by atoms with Crippen molar-refractivity contribution < 1.29 is 13.2 Å². The number of nitrogens with zero attached hydrogens (tertiary/aromatic N) is 1. The van der Waals surface area contributed by atoms with Gasteiger partial charge in [-0.05, 0) is 57.4 Å². The van der Waals surface area contributed by atoms with Crippen molar-refractivity contribution >= 4 is 33.1 Å². The first-order valence-electron chi connectivity index (χ1n) is 12.2. The number of anilines is 1. The molecule has 0 saturated heterocycles. The zero-order valence-electron chi connectivity index (χ0n) is 20.9. The number of urea groups is 1. The van der Waals surface area contributed by atoms with Crippen LogP contribution < -0.4 is 15.4 Å². The summed E-state index contributed by atoms with van der Waals surface area (Å²) in [5, 5.41) is 8.70. The van der Waals surface area contributed by atoms with Crippen molar-refractivity contribution in [2.45, 2.75) is 69.9 Å². The van der Waals surface area contributed by atoms with Crippen LogP contribution in [0.25, 0.3) is 11.3 Å². The molecule has 1 aliphatic rings. The number of hydrogen-bond acceptors (Lipinski definition) is 5. The highest BCUT2D eigenvalue weighted by Crippen LogP contribution is 2.37. The molecule has 0 aliphatic heterocycles. The zero-order chi connectivity index (χ0) is 25.8. The minimum absolute atomic E-state index is 0.0802. The highest BCUT2D eigenvalue weighted by molar-refractivity contribution is 7.89. The van der Waals surface area contributed by atoms with Gasteiger partial charge in [0.25, 0.3) is 0 Å². The van der Waals surface area contributed by atoms with Crippen molar-refractivity contribution in [1.82, 2.24) is 15.0 Å². The fraction of sp³-hybridized carbons (Fsp3) is 0.370. The second-order valence-corrected chi connectivity index (χ2v) is 12.6. The van der Waals surface area contributed by atoms with Crippen LogP contribution >= 0.6 is 11.3 Å². The van der Waals surface area contributed by atoms with Crippen LogP contribution in [0.4, 0.5) is 10.5 Å². The maximum Gasteiger partial charge on any atom is 0.319 e. The topological polar surface area (TPSA) is 100 Å². The number of hydrogen-bond donors (Lipinski definition) is 3. The molecular formula is C27H33N4O3S2. The van der Waals surface area contributed by atoms with Gasteiger partial charge in [-0.25, -0.2) is 22.9 Å². The SMILES string of the molecule is CC(C)(C)NS(=O)(=O)c1ccc(-c2csc([C]3CCCCC3)n2)c(NC(=O)NCc2ccccc2)c1. The van der Waals surface area contributed by atoms with Gasteiger partial charge in [-0.1, -0.05) is 49.6 Å². The summed E-state index contributed by atoms with van der Waals surface area (Å²) in [6.07, 6.45) is 5.76. The summed E-state index contributed by atoms with van der Waals surface area (Å²) < 4.78 is 28.7. The molecule has 1 saturated carbocycles. The van der Waals surface area contributed by atoms with Crippen LogP contribution in [0.3, 0.4) is 0 Å². The van der Waals surface area contributed by atoms with Gasteiger partial charge in [-0.3, -0.25) is 0 Å². The van der Waals surface area contributed by atoms with Crippen LogP contribution in [0.1, 0.15) is 63.4 Å². The fourth-order valence-corrected chi connectivity index (χ4v) is 6.55. The second-order valence-electron chi connectivity index (χ2n) is 10.1. The summed E-state index contributed by atoms with van der Waals surface area (Å²) >= 11 is 1.60. The molecular weight excluding hydrogens is 492 g/mol. The van der Waals surface area contributed by atoms with E-state index in [0.29, 0.717) is 17.8 Å². The molecule has 0 spiro atoms. The normalized spacial score (nSPS) is 15.0. The lowest BCUT2D eigenvalue weighted by atomic mass is 9.90. The summed E-state index contributed by atoms with van der Waals surface area (Å²) in [4.78, 5) is 17.7. The average molecular weight is 526 g/mol. The van der Waals surface area contributed by atoms with Gasteiger partial charge in [-0.2, -0.15) is 0 Å². The van der Waals surface area contributed by atoms with E-state index < -0.39 is 21.6 Å². The molecule has 2 amide bonds. The predicted molar refractivity (Wildman–Crippen MR) is 145 cm³/mol. The number of nitrogens with one attached hydrogen (secondary N) is 3. The third-order valence-electron chi connectivity index (χ3n) is 5.83. The quantitative estimate of drug-likeness (QED) is 0.347. The molecule has 36 heavy (non-hydrogen) atoms. The molecule has 1 aromatic heterocycles. The Morgan fingerprint density at radius 1 is 1.03 bits per heavy atom. The molecule has 7 nitrogen and oxygen atoms in total. The third kappa shape index (κ3) is 6.93. The molecule has 9 heteroatoms. The highest BCUT2D eigenvalue weighted by atomic mass is 32.2. The smallest absolute Gasteiger partial charge is 0.319 e. The Balaban J connectivity index is 1.62. The van der Waals surface area contributed by atoms with Crippen LogP contribution in [0.2, 0.25) is 0 Å². The molecule has 0 bridgehead atoms. The van der Waals surface area contributed by atoms with Gasteiger partial charge in [0.2, 0.25) is 10.0 Å². The van der Waals surface area contributed by atoms with Crippen LogP contribution in [0, 0.1) is 5.92 Å². The molecule has 3 aromatic rings. The van der Waals surface area contributed by atoms with E-state index in [2.05, 4.69) is 15.4 Å². The lowest BCUT2D eigenvalue weighted by Gasteiger charge is -2.21. The number of amides is 2. The van der Waals surface area contributed by atoms with Crippen molar-refractivity contribution in [2.75, 3.05) is 5.32 Å². The molecule has 1 aliphatic carbocycles. The van der Waals surface area contributed by atoms with E-state index in [1.165, 1.54) is 31.2 Å². The van der Waals surface area contributed by atoms with Crippen molar-refractivity contribution in [3.05, 3.63) is 70.4 Å². The Kier molecular flexibility index (Phi) is 8.12. The number of benzene rings is 2. The summed E-state index contributed by atoms with van der Waals surface area (Å²) in [5.74, 6) is 1.38. The molecule has 1 radical (unpaired) electrons. The Hall–Kier alpha value is -2.75. The first-order valence-corrected chi connectivity index (χ1v) is 14.5. The molecule has 1 fully saturated rings. The van der Waals surface area contributed by atoms with E-state index in [1.54, 1.807) is 44.2 Å². The van der Waals surface area contributed by atoms with Crippen molar-refractivity contribution in [3.8, 4) is 11.3 Å². The monoisotopic (exact) mass is 525 g/mol. The van der Waals surface area contributed by atoms with Gasteiger partial charge in [0.15, 0.2) is 0 Å². The molecule has 2 aromatic carbocycles. The number of carbonyl (C=O) groups excluding carboxylic acids is 1. The van der Waals surface area contributed by atoms with Gasteiger partial charge >= 0.3 is 6.03 Å². The molecule has 1 heterocycles. The Morgan fingerprint density at radius 3 is 2.44 bits per heavy atom. The molecule has 0 unspecified atom stereocenters. The molecule has 0 atom stereocenters. The van der Waals surface area contributed by atoms with Crippen LogP contribution in [-0.2, 0) is 16.6 Å². The first kappa shape index (κ1) is 26.3. The zero-order valence-corrected chi connectivity index (χ0v) is 22.6. The van der Waals surface area contributed by atoms with E-state index in [4.69, 9.17) is 4.98 Å². The lowest BCUT2D eigenvalue weighted by molar-refractivity contribution is 0.251. The Labute approximate surface area is 217 Å². The van der Waals surface area contributed by atoms with Gasteiger partial charge in [0, 0.05) is 28.9 Å². The van der Waals surface area contributed by atoms with Gasteiger partial charge in [-0.15, -0.1) is 11.3 Å². The van der Waals surface area contributed by atoms with E-state index >= 15 is 0 Å². The molecule has 191 valence electrons. The minimum atomic E-state index is -3.79. The maximum atomic E-state index is 13.0. The van der Waals surface area contributed by atoms with E-state index in [1.807, 2.05) is 35.7 Å². The Bertz CT molecular complexity index is 1290. The minimum Gasteiger partial charge on any atom is -0.334 e. The summed E-state index contributed by atoms with van der Waals surface area (Å²) in [6, 6.07) is 13.9. The van der Waals surface area contributed by atoms with Gasteiger partial charge in [0.05, 0.1) is 16.3 Å². The van der Waals surface area contributed by atoms with Crippen molar-refractivity contribution in [1.29, 1.82) is 0 Å². The lowest BCUT2D eigenvalue weighted by Crippen LogP contribution is -2.40. The Morgan fingerprint density at radius 2 is 1.75 bits per heavy atom. The van der Waals surface area contributed by atoms with Gasteiger partial charge in [0.1, 0.15) is 5.01 Å².